The molecule has 8 heteroatoms. The number of aromatic nitrogens is 5. The van der Waals surface area contributed by atoms with Gasteiger partial charge in [-0.15, -0.1) is 5.10 Å². The van der Waals surface area contributed by atoms with E-state index in [0.717, 1.165) is 37.2 Å². The van der Waals surface area contributed by atoms with Crippen molar-refractivity contribution in [2.24, 2.45) is 0 Å². The summed E-state index contributed by atoms with van der Waals surface area (Å²) in [5.74, 6) is -0.136. The smallest absolute Gasteiger partial charge is 0.276 e. The molecule has 1 fully saturated rings. The fourth-order valence-electron chi connectivity index (χ4n) is 3.33. The Bertz CT molecular complexity index is 896. The highest BCUT2D eigenvalue weighted by Crippen LogP contribution is 2.17. The van der Waals surface area contributed by atoms with Gasteiger partial charge in [-0.25, -0.2) is 9.36 Å². The lowest BCUT2D eigenvalue weighted by atomic mass is 10.1. The van der Waals surface area contributed by atoms with Crippen LogP contribution in [0.4, 0.5) is 0 Å². The SMILES string of the molecule is CN(Cc1cnn(-c2ccccc2)c1)C(=O)c1cn(C2CCNCC2)nn1. The number of para-hydroxylation sites is 1. The van der Waals surface area contributed by atoms with Crippen molar-refractivity contribution in [1.82, 2.24) is 35.0 Å². The van der Waals surface area contributed by atoms with Gasteiger partial charge in [0, 0.05) is 25.4 Å². The van der Waals surface area contributed by atoms with Gasteiger partial charge in [0.1, 0.15) is 0 Å². The van der Waals surface area contributed by atoms with Gasteiger partial charge in [-0.3, -0.25) is 4.79 Å². The number of carbonyl (C=O) groups is 1. The highest BCUT2D eigenvalue weighted by atomic mass is 16.2. The Morgan fingerprint density at radius 1 is 1.22 bits per heavy atom. The van der Waals surface area contributed by atoms with Crippen LogP contribution >= 0.6 is 0 Å². The third kappa shape index (κ3) is 3.90. The van der Waals surface area contributed by atoms with Crippen LogP contribution in [0.25, 0.3) is 5.69 Å². The zero-order chi connectivity index (χ0) is 18.6. The molecule has 3 aromatic rings. The second kappa shape index (κ2) is 7.71. The Morgan fingerprint density at radius 2 is 2.00 bits per heavy atom. The predicted octanol–water partition coefficient (Wildman–Crippen LogP) is 1.66. The van der Waals surface area contributed by atoms with Crippen LogP contribution in [0.2, 0.25) is 0 Å². The van der Waals surface area contributed by atoms with E-state index in [1.165, 1.54) is 0 Å². The molecule has 4 rings (SSSR count). The van der Waals surface area contributed by atoms with Crippen molar-refractivity contribution in [3.63, 3.8) is 0 Å². The third-order valence-corrected chi connectivity index (χ3v) is 4.84. The van der Waals surface area contributed by atoms with Crippen LogP contribution in [0.3, 0.4) is 0 Å². The van der Waals surface area contributed by atoms with Gasteiger partial charge in [-0.2, -0.15) is 5.10 Å². The van der Waals surface area contributed by atoms with Crippen molar-refractivity contribution in [3.8, 4) is 5.69 Å². The van der Waals surface area contributed by atoms with Gasteiger partial charge < -0.3 is 10.2 Å². The Hall–Kier alpha value is -3.00. The molecule has 0 saturated carbocycles. The molecule has 27 heavy (non-hydrogen) atoms. The van der Waals surface area contributed by atoms with Crippen LogP contribution < -0.4 is 5.32 Å². The van der Waals surface area contributed by atoms with Crippen LogP contribution in [-0.2, 0) is 6.54 Å². The minimum Gasteiger partial charge on any atom is -0.336 e. The first kappa shape index (κ1) is 17.4. The van der Waals surface area contributed by atoms with Crippen LogP contribution in [0.5, 0.6) is 0 Å². The maximum atomic E-state index is 12.7. The molecular weight excluding hydrogens is 342 g/mol. The van der Waals surface area contributed by atoms with Gasteiger partial charge in [0.05, 0.1) is 24.1 Å². The molecule has 1 aromatic carbocycles. The predicted molar refractivity (Wildman–Crippen MR) is 101 cm³/mol. The van der Waals surface area contributed by atoms with Gasteiger partial charge in [0.2, 0.25) is 0 Å². The molecule has 2 aromatic heterocycles. The van der Waals surface area contributed by atoms with Crippen molar-refractivity contribution in [2.45, 2.75) is 25.4 Å². The summed E-state index contributed by atoms with van der Waals surface area (Å²) in [4.78, 5) is 14.3. The average molecular weight is 365 g/mol. The molecule has 140 valence electrons. The van der Waals surface area contributed by atoms with Crippen molar-refractivity contribution < 1.29 is 4.79 Å². The second-order valence-electron chi connectivity index (χ2n) is 6.85. The highest BCUT2D eigenvalue weighted by molar-refractivity contribution is 5.91. The van der Waals surface area contributed by atoms with Gasteiger partial charge >= 0.3 is 0 Å². The van der Waals surface area contributed by atoms with E-state index in [1.807, 2.05) is 41.2 Å². The standard InChI is InChI=1S/C19H23N7O/c1-24(12-15-11-21-25(13-15)16-5-3-2-4-6-16)19(27)18-14-26(23-22-18)17-7-9-20-10-8-17/h2-6,11,13-14,17,20H,7-10,12H2,1H3. The van der Waals surface area contributed by atoms with E-state index >= 15 is 0 Å². The Morgan fingerprint density at radius 3 is 2.78 bits per heavy atom. The number of carbonyl (C=O) groups excluding carboxylic acids is 1. The van der Waals surface area contributed by atoms with E-state index in [2.05, 4.69) is 20.7 Å². The lowest BCUT2D eigenvalue weighted by Gasteiger charge is -2.22. The molecule has 0 aliphatic carbocycles. The number of nitrogens with one attached hydrogen (secondary N) is 1. The maximum Gasteiger partial charge on any atom is 0.276 e. The van der Waals surface area contributed by atoms with E-state index in [0.29, 0.717) is 18.3 Å². The molecule has 0 spiro atoms. The van der Waals surface area contributed by atoms with Crippen molar-refractivity contribution >= 4 is 5.91 Å². The average Bonchev–Trinajstić information content (AvgIpc) is 3.39. The third-order valence-electron chi connectivity index (χ3n) is 4.84. The molecule has 0 atom stereocenters. The Balaban J connectivity index is 1.41. The first-order valence-electron chi connectivity index (χ1n) is 9.18. The molecule has 0 bridgehead atoms. The van der Waals surface area contributed by atoms with Gasteiger partial charge in [-0.05, 0) is 38.1 Å². The quantitative estimate of drug-likeness (QED) is 0.744. The summed E-state index contributed by atoms with van der Waals surface area (Å²) in [7, 11) is 1.77. The van der Waals surface area contributed by atoms with E-state index in [1.54, 1.807) is 29.0 Å². The number of benzene rings is 1. The van der Waals surface area contributed by atoms with Crippen LogP contribution in [0.1, 0.15) is 34.9 Å². The molecule has 1 amide bonds. The zero-order valence-electron chi connectivity index (χ0n) is 15.3. The number of piperidine rings is 1. The maximum absolute atomic E-state index is 12.7. The van der Waals surface area contributed by atoms with Crippen LogP contribution in [-0.4, -0.2) is 55.7 Å². The summed E-state index contributed by atoms with van der Waals surface area (Å²) >= 11 is 0. The monoisotopic (exact) mass is 365 g/mol. The molecule has 3 heterocycles. The molecule has 1 aliphatic rings. The van der Waals surface area contributed by atoms with Gasteiger partial charge in [0.15, 0.2) is 5.69 Å². The number of amides is 1. The zero-order valence-corrected chi connectivity index (χ0v) is 15.3. The largest absolute Gasteiger partial charge is 0.336 e. The number of hydrogen-bond donors (Lipinski definition) is 1. The second-order valence-corrected chi connectivity index (χ2v) is 6.85. The van der Waals surface area contributed by atoms with E-state index in [9.17, 15) is 4.79 Å². The first-order chi connectivity index (χ1) is 13.2. The number of nitrogens with zero attached hydrogens (tertiary/aromatic N) is 6. The number of hydrogen-bond acceptors (Lipinski definition) is 5. The topological polar surface area (TPSA) is 80.9 Å². The van der Waals surface area contributed by atoms with Crippen molar-refractivity contribution in [3.05, 3.63) is 60.2 Å². The molecular formula is C19H23N7O. The van der Waals surface area contributed by atoms with Gasteiger partial charge in [0.25, 0.3) is 5.91 Å². The molecule has 8 nitrogen and oxygen atoms in total. The molecule has 1 aliphatic heterocycles. The number of rotatable bonds is 5. The Kier molecular flexibility index (Phi) is 4.97. The molecule has 0 unspecified atom stereocenters. The summed E-state index contributed by atoms with van der Waals surface area (Å²) in [6.45, 7) is 2.41. The molecule has 0 radical (unpaired) electrons. The van der Waals surface area contributed by atoms with E-state index in [4.69, 9.17) is 0 Å². The van der Waals surface area contributed by atoms with E-state index < -0.39 is 0 Å². The first-order valence-corrected chi connectivity index (χ1v) is 9.18. The lowest BCUT2D eigenvalue weighted by molar-refractivity contribution is 0.0779. The van der Waals surface area contributed by atoms with E-state index in [-0.39, 0.29) is 5.91 Å². The van der Waals surface area contributed by atoms with Crippen molar-refractivity contribution in [1.29, 1.82) is 0 Å². The van der Waals surface area contributed by atoms with Gasteiger partial charge in [-0.1, -0.05) is 23.4 Å². The summed E-state index contributed by atoms with van der Waals surface area (Å²) in [5, 5.41) is 16.0. The highest BCUT2D eigenvalue weighted by Gasteiger charge is 2.21. The van der Waals surface area contributed by atoms with Crippen molar-refractivity contribution in [2.75, 3.05) is 20.1 Å². The fourth-order valence-corrected chi connectivity index (χ4v) is 3.33. The molecule has 1 saturated heterocycles. The Labute approximate surface area is 157 Å². The minimum absolute atomic E-state index is 0.136. The fraction of sp³-hybridized carbons (Fsp3) is 0.368. The minimum atomic E-state index is -0.136. The summed E-state index contributed by atoms with van der Waals surface area (Å²) in [6.07, 6.45) is 7.49. The summed E-state index contributed by atoms with van der Waals surface area (Å²) < 4.78 is 3.64. The summed E-state index contributed by atoms with van der Waals surface area (Å²) in [6, 6.07) is 10.2. The van der Waals surface area contributed by atoms with Crippen LogP contribution in [0, 0.1) is 0 Å². The normalized spacial score (nSPS) is 15.0. The summed E-state index contributed by atoms with van der Waals surface area (Å²) in [5.41, 5.74) is 2.33. The molecule has 1 N–H and O–H groups in total. The van der Waals surface area contributed by atoms with Crippen LogP contribution in [0.15, 0.2) is 48.9 Å². The lowest BCUT2D eigenvalue weighted by Crippen LogP contribution is -2.29.